The zero-order chi connectivity index (χ0) is 12.7. The van der Waals surface area contributed by atoms with Gasteiger partial charge >= 0.3 is 0 Å². The molecule has 0 nitrogen and oxygen atoms in total. The van der Waals surface area contributed by atoms with E-state index in [2.05, 4.69) is 67.5 Å². The van der Waals surface area contributed by atoms with E-state index >= 15 is 0 Å². The lowest BCUT2D eigenvalue weighted by Crippen LogP contribution is -2.17. The summed E-state index contributed by atoms with van der Waals surface area (Å²) in [5.41, 5.74) is 5.98. The molecule has 0 amide bonds. The molecule has 0 atom stereocenters. The van der Waals surface area contributed by atoms with E-state index in [-0.39, 0.29) is 10.8 Å². The van der Waals surface area contributed by atoms with Crippen molar-refractivity contribution in [3.63, 3.8) is 0 Å². The quantitative estimate of drug-likeness (QED) is 0.530. The zero-order valence-corrected chi connectivity index (χ0v) is 12.1. The fourth-order valence-corrected chi connectivity index (χ4v) is 2.19. The molecule has 0 spiro atoms. The van der Waals surface area contributed by atoms with Crippen molar-refractivity contribution in [1.29, 1.82) is 0 Å². The van der Waals surface area contributed by atoms with Crippen molar-refractivity contribution in [3.05, 3.63) is 34.4 Å². The average Bonchev–Trinajstić information content (AvgIpc) is 2.43. The summed E-state index contributed by atoms with van der Waals surface area (Å²) in [5, 5.41) is 0. The van der Waals surface area contributed by atoms with Crippen LogP contribution >= 0.6 is 0 Å². The molecule has 1 aliphatic carbocycles. The first kappa shape index (κ1) is 13.3. The summed E-state index contributed by atoms with van der Waals surface area (Å²) < 4.78 is 0. The van der Waals surface area contributed by atoms with Gasteiger partial charge in [-0.2, -0.15) is 0 Å². The van der Waals surface area contributed by atoms with E-state index in [4.69, 9.17) is 0 Å². The minimum atomic E-state index is 0.190. The van der Waals surface area contributed by atoms with Crippen molar-refractivity contribution in [2.24, 2.45) is 10.8 Å². The molecule has 0 aromatic heterocycles. The maximum atomic E-state index is 3.45. The molecule has 0 aliphatic heterocycles. The summed E-state index contributed by atoms with van der Waals surface area (Å²) in [6.07, 6.45) is 5.63. The van der Waals surface area contributed by atoms with Crippen LogP contribution in [0.1, 0.15) is 55.4 Å². The normalized spacial score (nSPS) is 17.4. The van der Waals surface area contributed by atoms with Gasteiger partial charge in [0.15, 0.2) is 0 Å². The topological polar surface area (TPSA) is 0 Å². The van der Waals surface area contributed by atoms with Crippen LogP contribution in [0.25, 0.3) is 0 Å². The van der Waals surface area contributed by atoms with Crippen molar-refractivity contribution in [2.45, 2.75) is 55.4 Å². The van der Waals surface area contributed by atoms with Gasteiger partial charge in [0.1, 0.15) is 0 Å². The predicted octanol–water partition coefficient (Wildman–Crippen LogP) is 5.08. The minimum Gasteiger partial charge on any atom is -0.0683 e. The third kappa shape index (κ3) is 2.48. The summed E-state index contributed by atoms with van der Waals surface area (Å²) in [7, 11) is 0. The second-order valence-corrected chi connectivity index (χ2v) is 6.95. The molecule has 0 N–H and O–H groups in total. The monoisotopic (exact) mass is 217 g/mol. The molecule has 0 aromatic rings. The first-order chi connectivity index (χ1) is 7.05. The Hall–Kier alpha value is -0.780. The maximum Gasteiger partial charge on any atom is -0.00997 e. The smallest absolute Gasteiger partial charge is 0.00997 e. The van der Waals surface area contributed by atoms with Gasteiger partial charge in [-0.1, -0.05) is 47.1 Å². The molecule has 0 unspecified atom stereocenters. The molecule has 0 aromatic carbocycles. The van der Waals surface area contributed by atoms with Gasteiger partial charge in [-0.25, -0.2) is 0 Å². The van der Waals surface area contributed by atoms with Gasteiger partial charge in [-0.3, -0.25) is 0 Å². The molecule has 0 bridgehead atoms. The van der Waals surface area contributed by atoms with Gasteiger partial charge in [0, 0.05) is 0 Å². The van der Waals surface area contributed by atoms with Crippen LogP contribution in [-0.2, 0) is 0 Å². The number of hydrogen-bond acceptors (Lipinski definition) is 0. The standard InChI is InChI=1S/C16H25/c1-11(2)12-9-10-13(15(3,4)5)14(12)16(6,7)8/h10H,1-8H3. The minimum absolute atomic E-state index is 0.190. The fraction of sp³-hybridized carbons (Fsp3) is 0.625. The molecule has 0 saturated carbocycles. The molecule has 1 aliphatic rings. The molecular formula is C16H25. The van der Waals surface area contributed by atoms with E-state index < -0.39 is 0 Å². The van der Waals surface area contributed by atoms with Crippen molar-refractivity contribution >= 4 is 0 Å². The summed E-state index contributed by atoms with van der Waals surface area (Å²) in [6.45, 7) is 18.1. The molecular weight excluding hydrogens is 192 g/mol. The Morgan fingerprint density at radius 1 is 0.938 bits per heavy atom. The van der Waals surface area contributed by atoms with Crippen LogP contribution in [-0.4, -0.2) is 0 Å². The second kappa shape index (κ2) is 3.91. The number of hydrogen-bond donors (Lipinski definition) is 0. The molecule has 0 heteroatoms. The Labute approximate surface area is 101 Å². The first-order valence-corrected chi connectivity index (χ1v) is 6.08. The third-order valence-electron chi connectivity index (χ3n) is 2.94. The second-order valence-electron chi connectivity index (χ2n) is 6.95. The lowest BCUT2D eigenvalue weighted by Gasteiger charge is -2.30. The Kier molecular flexibility index (Phi) is 3.24. The van der Waals surface area contributed by atoms with Crippen molar-refractivity contribution < 1.29 is 0 Å². The van der Waals surface area contributed by atoms with E-state index in [1.54, 1.807) is 0 Å². The highest BCUT2D eigenvalue weighted by Gasteiger charge is 2.31. The molecule has 0 fully saturated rings. The van der Waals surface area contributed by atoms with Gasteiger partial charge in [0.25, 0.3) is 0 Å². The van der Waals surface area contributed by atoms with Crippen LogP contribution in [0, 0.1) is 16.9 Å². The van der Waals surface area contributed by atoms with Gasteiger partial charge in [-0.15, -0.1) is 0 Å². The van der Waals surface area contributed by atoms with Crippen LogP contribution in [0.5, 0.6) is 0 Å². The molecule has 1 rings (SSSR count). The highest BCUT2D eigenvalue weighted by molar-refractivity contribution is 5.56. The largest absolute Gasteiger partial charge is 0.0683 e. The van der Waals surface area contributed by atoms with E-state index in [9.17, 15) is 0 Å². The maximum absolute atomic E-state index is 3.45. The number of rotatable bonds is 0. The summed E-state index contributed by atoms with van der Waals surface area (Å²) >= 11 is 0. The van der Waals surface area contributed by atoms with E-state index in [1.807, 2.05) is 0 Å². The van der Waals surface area contributed by atoms with Gasteiger partial charge in [0.2, 0.25) is 0 Å². The first-order valence-electron chi connectivity index (χ1n) is 6.08. The molecule has 89 valence electrons. The Morgan fingerprint density at radius 3 is 1.75 bits per heavy atom. The van der Waals surface area contributed by atoms with Gasteiger partial charge in [0.05, 0.1) is 0 Å². The van der Waals surface area contributed by atoms with Crippen molar-refractivity contribution in [1.82, 2.24) is 0 Å². The Morgan fingerprint density at radius 2 is 1.44 bits per heavy atom. The highest BCUT2D eigenvalue weighted by Crippen LogP contribution is 2.45. The van der Waals surface area contributed by atoms with Crippen LogP contribution < -0.4 is 0 Å². The summed E-state index contributed by atoms with van der Waals surface area (Å²) in [6, 6.07) is 0. The average molecular weight is 217 g/mol. The van der Waals surface area contributed by atoms with Crippen LogP contribution in [0.2, 0.25) is 0 Å². The highest BCUT2D eigenvalue weighted by atomic mass is 14.4. The molecule has 0 saturated heterocycles. The van der Waals surface area contributed by atoms with Crippen molar-refractivity contribution in [2.75, 3.05) is 0 Å². The lowest BCUT2D eigenvalue weighted by atomic mass is 9.74. The van der Waals surface area contributed by atoms with Crippen LogP contribution in [0.4, 0.5) is 0 Å². The molecule has 1 radical (unpaired) electrons. The predicted molar refractivity (Wildman–Crippen MR) is 72.1 cm³/mol. The Bertz CT molecular complexity index is 369. The lowest BCUT2D eigenvalue weighted by molar-refractivity contribution is 0.463. The van der Waals surface area contributed by atoms with E-state index in [1.165, 1.54) is 22.3 Å². The molecule has 16 heavy (non-hydrogen) atoms. The van der Waals surface area contributed by atoms with Gasteiger partial charge in [-0.05, 0) is 53.5 Å². The summed E-state index contributed by atoms with van der Waals surface area (Å²) in [5.74, 6) is 0. The van der Waals surface area contributed by atoms with Crippen molar-refractivity contribution in [3.8, 4) is 0 Å². The third-order valence-corrected chi connectivity index (χ3v) is 2.94. The number of allylic oxidation sites excluding steroid dienone is 6. The summed E-state index contributed by atoms with van der Waals surface area (Å²) in [4.78, 5) is 0. The Balaban J connectivity index is 3.46. The SMILES string of the molecule is CC(C)=C1[C]=CC(C(C)(C)C)=C1C(C)(C)C. The van der Waals surface area contributed by atoms with Crippen LogP contribution in [0.15, 0.2) is 28.4 Å². The van der Waals surface area contributed by atoms with Crippen LogP contribution in [0.3, 0.4) is 0 Å². The molecule has 0 heterocycles. The van der Waals surface area contributed by atoms with Gasteiger partial charge < -0.3 is 0 Å². The zero-order valence-electron chi connectivity index (χ0n) is 12.1. The van der Waals surface area contributed by atoms with E-state index in [0.717, 1.165) is 0 Å². The van der Waals surface area contributed by atoms with E-state index in [0.29, 0.717) is 0 Å². The fourth-order valence-electron chi connectivity index (χ4n) is 2.19.